The molecule has 1 heterocycles. The summed E-state index contributed by atoms with van der Waals surface area (Å²) in [6.07, 6.45) is 1.66. The van der Waals surface area contributed by atoms with E-state index in [2.05, 4.69) is 60.6 Å². The van der Waals surface area contributed by atoms with Crippen LogP contribution in [0.3, 0.4) is 0 Å². The van der Waals surface area contributed by atoms with Crippen molar-refractivity contribution in [2.45, 2.75) is 6.61 Å². The highest BCUT2D eigenvalue weighted by molar-refractivity contribution is 14.1. The van der Waals surface area contributed by atoms with Crippen molar-refractivity contribution in [1.82, 2.24) is 10.3 Å². The van der Waals surface area contributed by atoms with Gasteiger partial charge < -0.3 is 9.47 Å². The first-order chi connectivity index (χ1) is 13.6. The van der Waals surface area contributed by atoms with Crippen LogP contribution in [0.1, 0.15) is 11.1 Å². The fraction of sp³-hybridized carbons (Fsp3) is 0.300. The number of rotatable bonds is 7. The SMILES string of the molecule is O=C(CN1CCOCC1)N/N=C\c1cc(I)c(OCc2ccccc2)c(I)c1. The second-order valence-electron chi connectivity index (χ2n) is 6.27. The van der Waals surface area contributed by atoms with Crippen LogP contribution in [-0.4, -0.2) is 49.9 Å². The van der Waals surface area contributed by atoms with Gasteiger partial charge in [-0.1, -0.05) is 30.3 Å². The van der Waals surface area contributed by atoms with Gasteiger partial charge >= 0.3 is 0 Å². The molecule has 1 N–H and O–H groups in total. The summed E-state index contributed by atoms with van der Waals surface area (Å²) >= 11 is 4.52. The monoisotopic (exact) mass is 605 g/mol. The van der Waals surface area contributed by atoms with Crippen molar-refractivity contribution in [1.29, 1.82) is 0 Å². The zero-order chi connectivity index (χ0) is 19.8. The van der Waals surface area contributed by atoms with E-state index >= 15 is 0 Å². The lowest BCUT2D eigenvalue weighted by atomic mass is 10.2. The Balaban J connectivity index is 1.54. The molecule has 0 aromatic heterocycles. The minimum atomic E-state index is -0.120. The third-order valence-corrected chi connectivity index (χ3v) is 5.72. The van der Waals surface area contributed by atoms with E-state index in [1.165, 1.54) is 0 Å². The number of morpholine rings is 1. The maximum Gasteiger partial charge on any atom is 0.254 e. The zero-order valence-electron chi connectivity index (χ0n) is 15.2. The Hall–Kier alpha value is -1.24. The Morgan fingerprint density at radius 2 is 1.86 bits per heavy atom. The molecule has 1 aliphatic heterocycles. The summed E-state index contributed by atoms with van der Waals surface area (Å²) < 4.78 is 13.3. The molecule has 1 aliphatic rings. The molecule has 0 saturated carbocycles. The molecule has 148 valence electrons. The minimum absolute atomic E-state index is 0.120. The van der Waals surface area contributed by atoms with Gasteiger partial charge in [-0.25, -0.2) is 5.43 Å². The van der Waals surface area contributed by atoms with Gasteiger partial charge in [0.15, 0.2) is 0 Å². The minimum Gasteiger partial charge on any atom is -0.487 e. The van der Waals surface area contributed by atoms with Crippen molar-refractivity contribution in [2.75, 3.05) is 32.8 Å². The van der Waals surface area contributed by atoms with Crippen LogP contribution in [0.2, 0.25) is 0 Å². The smallest absolute Gasteiger partial charge is 0.254 e. The number of hydrazone groups is 1. The summed E-state index contributed by atoms with van der Waals surface area (Å²) in [4.78, 5) is 14.0. The van der Waals surface area contributed by atoms with E-state index in [9.17, 15) is 4.79 Å². The number of amides is 1. The van der Waals surface area contributed by atoms with Crippen LogP contribution in [0, 0.1) is 7.14 Å². The molecule has 1 fully saturated rings. The van der Waals surface area contributed by atoms with Crippen LogP contribution in [0.15, 0.2) is 47.6 Å². The summed E-state index contributed by atoms with van der Waals surface area (Å²) in [5, 5.41) is 4.08. The molecule has 8 heteroatoms. The summed E-state index contributed by atoms with van der Waals surface area (Å²) in [5.41, 5.74) is 4.63. The van der Waals surface area contributed by atoms with Crippen LogP contribution in [-0.2, 0) is 16.1 Å². The van der Waals surface area contributed by atoms with E-state index in [1.807, 2.05) is 42.5 Å². The highest BCUT2D eigenvalue weighted by Gasteiger charge is 2.13. The lowest BCUT2D eigenvalue weighted by molar-refractivity contribution is -0.123. The summed E-state index contributed by atoms with van der Waals surface area (Å²) in [7, 11) is 0. The molecule has 0 unspecified atom stereocenters. The Morgan fingerprint density at radius 1 is 1.18 bits per heavy atom. The molecule has 3 rings (SSSR count). The predicted molar refractivity (Wildman–Crippen MR) is 126 cm³/mol. The average molecular weight is 605 g/mol. The van der Waals surface area contributed by atoms with Crippen molar-refractivity contribution >= 4 is 57.3 Å². The van der Waals surface area contributed by atoms with Gasteiger partial charge in [0, 0.05) is 13.1 Å². The Labute approximate surface area is 191 Å². The van der Waals surface area contributed by atoms with Gasteiger partial charge in [-0.2, -0.15) is 5.10 Å². The van der Waals surface area contributed by atoms with Crippen LogP contribution in [0.4, 0.5) is 0 Å². The first-order valence-corrected chi connectivity index (χ1v) is 11.1. The van der Waals surface area contributed by atoms with E-state index in [-0.39, 0.29) is 5.91 Å². The third kappa shape index (κ3) is 6.68. The second kappa shape index (κ2) is 11.1. The molecule has 1 amide bonds. The fourth-order valence-electron chi connectivity index (χ4n) is 2.70. The van der Waals surface area contributed by atoms with Crippen LogP contribution in [0.5, 0.6) is 5.75 Å². The molecule has 0 radical (unpaired) electrons. The predicted octanol–water partition coefficient (Wildman–Crippen LogP) is 3.26. The van der Waals surface area contributed by atoms with E-state index in [4.69, 9.17) is 9.47 Å². The molecular weight excluding hydrogens is 584 g/mol. The molecule has 6 nitrogen and oxygen atoms in total. The molecule has 2 aromatic rings. The molecule has 1 saturated heterocycles. The van der Waals surface area contributed by atoms with E-state index in [0.717, 1.165) is 37.1 Å². The molecule has 2 aromatic carbocycles. The Morgan fingerprint density at radius 3 is 2.54 bits per heavy atom. The quantitative estimate of drug-likeness (QED) is 0.299. The molecule has 0 spiro atoms. The van der Waals surface area contributed by atoms with Gasteiger partial charge in [0.25, 0.3) is 5.91 Å². The normalized spacial score (nSPS) is 14.9. The number of carbonyl (C=O) groups excluding carboxylic acids is 1. The fourth-order valence-corrected chi connectivity index (χ4v) is 4.83. The highest BCUT2D eigenvalue weighted by Crippen LogP contribution is 2.29. The topological polar surface area (TPSA) is 63.2 Å². The van der Waals surface area contributed by atoms with Crippen LogP contribution < -0.4 is 10.2 Å². The molecule has 28 heavy (non-hydrogen) atoms. The first kappa shape index (κ1) is 21.5. The largest absolute Gasteiger partial charge is 0.487 e. The number of hydrogen-bond acceptors (Lipinski definition) is 5. The Kier molecular flexibility index (Phi) is 8.49. The van der Waals surface area contributed by atoms with E-state index < -0.39 is 0 Å². The lowest BCUT2D eigenvalue weighted by Crippen LogP contribution is -2.42. The van der Waals surface area contributed by atoms with Gasteiger partial charge in [-0.3, -0.25) is 9.69 Å². The number of nitrogens with zero attached hydrogens (tertiary/aromatic N) is 2. The average Bonchev–Trinajstić information content (AvgIpc) is 2.69. The van der Waals surface area contributed by atoms with Crippen molar-refractivity contribution in [3.05, 3.63) is 60.7 Å². The van der Waals surface area contributed by atoms with Gasteiger partial charge in [0.1, 0.15) is 12.4 Å². The number of ether oxygens (including phenoxy) is 2. The summed E-state index contributed by atoms with van der Waals surface area (Å²) in [6.45, 7) is 3.76. The first-order valence-electron chi connectivity index (χ1n) is 8.89. The van der Waals surface area contributed by atoms with Crippen LogP contribution >= 0.6 is 45.2 Å². The number of halogens is 2. The summed E-state index contributed by atoms with van der Waals surface area (Å²) in [6, 6.07) is 14.1. The highest BCUT2D eigenvalue weighted by atomic mass is 127. The maximum absolute atomic E-state index is 12.0. The second-order valence-corrected chi connectivity index (χ2v) is 8.59. The van der Waals surface area contributed by atoms with E-state index in [1.54, 1.807) is 6.21 Å². The summed E-state index contributed by atoms with van der Waals surface area (Å²) in [5.74, 6) is 0.740. The Bertz CT molecular complexity index is 802. The van der Waals surface area contributed by atoms with Crippen molar-refractivity contribution in [3.8, 4) is 5.75 Å². The molecule has 0 bridgehead atoms. The molecular formula is C20H21I2N3O3. The lowest BCUT2D eigenvalue weighted by Gasteiger charge is -2.25. The molecule has 0 aliphatic carbocycles. The number of benzene rings is 2. The number of hydrogen-bond donors (Lipinski definition) is 1. The van der Waals surface area contributed by atoms with Crippen LogP contribution in [0.25, 0.3) is 0 Å². The van der Waals surface area contributed by atoms with Gasteiger partial charge in [0.2, 0.25) is 0 Å². The van der Waals surface area contributed by atoms with Crippen molar-refractivity contribution < 1.29 is 14.3 Å². The molecule has 0 atom stereocenters. The maximum atomic E-state index is 12.0. The standard InChI is InChI=1S/C20H21I2N3O3/c21-17-10-16(12-23-24-19(26)13-25-6-8-27-9-7-25)11-18(22)20(17)28-14-15-4-2-1-3-5-15/h1-5,10-12H,6-9,13-14H2,(H,24,26)/b23-12-. The van der Waals surface area contributed by atoms with E-state index in [0.29, 0.717) is 26.4 Å². The van der Waals surface area contributed by atoms with Gasteiger partial charge in [-0.05, 0) is 68.4 Å². The van der Waals surface area contributed by atoms with Crippen molar-refractivity contribution in [3.63, 3.8) is 0 Å². The number of nitrogens with one attached hydrogen (secondary N) is 1. The zero-order valence-corrected chi connectivity index (χ0v) is 19.6. The van der Waals surface area contributed by atoms with Gasteiger partial charge in [0.05, 0.1) is 33.1 Å². The third-order valence-electron chi connectivity index (χ3n) is 4.12. The van der Waals surface area contributed by atoms with Crippen molar-refractivity contribution in [2.24, 2.45) is 5.10 Å². The number of carbonyl (C=O) groups is 1. The van der Waals surface area contributed by atoms with Gasteiger partial charge in [-0.15, -0.1) is 0 Å².